The van der Waals surface area contributed by atoms with Crippen molar-refractivity contribution < 1.29 is 4.74 Å². The van der Waals surface area contributed by atoms with Crippen molar-refractivity contribution in [3.05, 3.63) is 64.8 Å². The highest BCUT2D eigenvalue weighted by atomic mass is 16.5. The van der Waals surface area contributed by atoms with Crippen LogP contribution in [0.15, 0.2) is 42.5 Å². The van der Waals surface area contributed by atoms with Crippen molar-refractivity contribution >= 4 is 10.9 Å². The van der Waals surface area contributed by atoms with Gasteiger partial charge in [0.1, 0.15) is 5.75 Å². The van der Waals surface area contributed by atoms with Crippen LogP contribution in [0.4, 0.5) is 0 Å². The van der Waals surface area contributed by atoms with Crippen molar-refractivity contribution in [1.29, 1.82) is 0 Å². The molecular weight excluding hydrogens is 272 g/mol. The van der Waals surface area contributed by atoms with Crippen molar-refractivity contribution in [3.8, 4) is 5.75 Å². The molecular formula is C19H20N2O. The Morgan fingerprint density at radius 1 is 1.14 bits per heavy atom. The van der Waals surface area contributed by atoms with Gasteiger partial charge in [-0.2, -0.15) is 0 Å². The standard InChI is InChI=1S/C19H20N2O/c1-12-11-13(7-8-17(12)22-2)18-19-15(9-10-20-18)14-5-3-4-6-16(14)21-19/h3-8,11,18,20-21H,9-10H2,1-2H3/t18-/m0/s1. The number of benzene rings is 2. The molecule has 0 fully saturated rings. The van der Waals surface area contributed by atoms with Gasteiger partial charge in [0, 0.05) is 23.1 Å². The van der Waals surface area contributed by atoms with Crippen LogP contribution in [0.5, 0.6) is 5.75 Å². The number of rotatable bonds is 2. The smallest absolute Gasteiger partial charge is 0.121 e. The summed E-state index contributed by atoms with van der Waals surface area (Å²) in [6, 6.07) is 15.2. The zero-order valence-electron chi connectivity index (χ0n) is 12.9. The lowest BCUT2D eigenvalue weighted by molar-refractivity contribution is 0.411. The van der Waals surface area contributed by atoms with Gasteiger partial charge in [-0.25, -0.2) is 0 Å². The molecule has 1 aromatic heterocycles. The van der Waals surface area contributed by atoms with Gasteiger partial charge < -0.3 is 15.0 Å². The number of hydrogen-bond acceptors (Lipinski definition) is 2. The number of aromatic amines is 1. The molecule has 22 heavy (non-hydrogen) atoms. The second-order valence-electron chi connectivity index (χ2n) is 5.93. The van der Waals surface area contributed by atoms with Crippen LogP contribution in [-0.2, 0) is 6.42 Å². The van der Waals surface area contributed by atoms with E-state index in [-0.39, 0.29) is 6.04 Å². The largest absolute Gasteiger partial charge is 0.496 e. The Morgan fingerprint density at radius 2 is 2.00 bits per heavy atom. The molecule has 0 amide bonds. The second kappa shape index (κ2) is 5.18. The Kier molecular flexibility index (Phi) is 3.16. The maximum Gasteiger partial charge on any atom is 0.121 e. The Labute approximate surface area is 130 Å². The van der Waals surface area contributed by atoms with E-state index in [0.29, 0.717) is 0 Å². The molecule has 3 nitrogen and oxygen atoms in total. The normalized spacial score (nSPS) is 17.5. The summed E-state index contributed by atoms with van der Waals surface area (Å²) in [5, 5.41) is 5.00. The number of aryl methyl sites for hydroxylation is 1. The Balaban J connectivity index is 1.84. The van der Waals surface area contributed by atoms with E-state index in [4.69, 9.17) is 4.74 Å². The van der Waals surface area contributed by atoms with E-state index in [0.717, 1.165) is 18.7 Å². The van der Waals surface area contributed by atoms with Crippen LogP contribution in [0.2, 0.25) is 0 Å². The molecule has 0 unspecified atom stereocenters. The third-order valence-electron chi connectivity index (χ3n) is 4.61. The molecule has 112 valence electrons. The number of para-hydroxylation sites is 1. The second-order valence-corrected chi connectivity index (χ2v) is 5.93. The van der Waals surface area contributed by atoms with E-state index in [9.17, 15) is 0 Å². The maximum absolute atomic E-state index is 5.38. The number of hydrogen-bond donors (Lipinski definition) is 2. The van der Waals surface area contributed by atoms with Gasteiger partial charge in [0.05, 0.1) is 13.2 Å². The summed E-state index contributed by atoms with van der Waals surface area (Å²) in [6.45, 7) is 3.10. The van der Waals surface area contributed by atoms with Gasteiger partial charge in [0.15, 0.2) is 0 Å². The van der Waals surface area contributed by atoms with Crippen molar-refractivity contribution in [2.45, 2.75) is 19.4 Å². The van der Waals surface area contributed by atoms with Crippen molar-refractivity contribution in [1.82, 2.24) is 10.3 Å². The number of ether oxygens (including phenoxy) is 1. The van der Waals surface area contributed by atoms with Crippen LogP contribution in [-0.4, -0.2) is 18.6 Å². The van der Waals surface area contributed by atoms with Crippen molar-refractivity contribution in [2.24, 2.45) is 0 Å². The summed E-state index contributed by atoms with van der Waals surface area (Å²) in [7, 11) is 1.72. The Hall–Kier alpha value is -2.26. The lowest BCUT2D eigenvalue weighted by Gasteiger charge is -2.25. The summed E-state index contributed by atoms with van der Waals surface area (Å²) >= 11 is 0. The highest BCUT2D eigenvalue weighted by molar-refractivity contribution is 5.85. The number of H-pyrrole nitrogens is 1. The monoisotopic (exact) mass is 292 g/mol. The van der Waals surface area contributed by atoms with Gasteiger partial charge in [-0.1, -0.05) is 30.3 Å². The van der Waals surface area contributed by atoms with Gasteiger partial charge in [-0.3, -0.25) is 0 Å². The fourth-order valence-corrected chi connectivity index (χ4v) is 3.55. The van der Waals surface area contributed by atoms with Crippen LogP contribution >= 0.6 is 0 Å². The molecule has 0 bridgehead atoms. The number of nitrogens with one attached hydrogen (secondary N) is 2. The first-order chi connectivity index (χ1) is 10.8. The van der Waals surface area contributed by atoms with Crippen molar-refractivity contribution in [2.75, 3.05) is 13.7 Å². The molecule has 3 heteroatoms. The molecule has 1 aliphatic heterocycles. The number of methoxy groups -OCH3 is 1. The highest BCUT2D eigenvalue weighted by Gasteiger charge is 2.25. The topological polar surface area (TPSA) is 37.0 Å². The average molecular weight is 292 g/mol. The fourth-order valence-electron chi connectivity index (χ4n) is 3.55. The minimum Gasteiger partial charge on any atom is -0.496 e. The zero-order chi connectivity index (χ0) is 15.1. The minimum atomic E-state index is 0.223. The van der Waals surface area contributed by atoms with E-state index in [1.54, 1.807) is 7.11 Å². The van der Waals surface area contributed by atoms with Gasteiger partial charge in [0.2, 0.25) is 0 Å². The SMILES string of the molecule is COc1ccc([C@@H]2NCCc3c2[nH]c2ccccc32)cc1C. The molecule has 0 radical (unpaired) electrons. The quantitative estimate of drug-likeness (QED) is 0.755. The van der Waals surface area contributed by atoms with Gasteiger partial charge >= 0.3 is 0 Å². The van der Waals surface area contributed by atoms with Crippen LogP contribution < -0.4 is 10.1 Å². The number of fused-ring (bicyclic) bond motifs is 3. The first kappa shape index (κ1) is 13.4. The summed E-state index contributed by atoms with van der Waals surface area (Å²) < 4.78 is 5.38. The fraction of sp³-hybridized carbons (Fsp3) is 0.263. The molecule has 3 aromatic rings. The predicted octanol–water partition coefficient (Wildman–Crippen LogP) is 3.72. The average Bonchev–Trinajstić information content (AvgIpc) is 2.93. The lowest BCUT2D eigenvalue weighted by atomic mass is 9.93. The first-order valence-corrected chi connectivity index (χ1v) is 7.75. The minimum absolute atomic E-state index is 0.223. The summed E-state index contributed by atoms with van der Waals surface area (Å²) in [5.74, 6) is 0.941. The van der Waals surface area contributed by atoms with E-state index in [1.165, 1.54) is 33.3 Å². The zero-order valence-corrected chi connectivity index (χ0v) is 12.9. The molecule has 4 rings (SSSR count). The third-order valence-corrected chi connectivity index (χ3v) is 4.61. The molecule has 2 aromatic carbocycles. The maximum atomic E-state index is 5.38. The summed E-state index contributed by atoms with van der Waals surface area (Å²) in [6.07, 6.45) is 1.07. The first-order valence-electron chi connectivity index (χ1n) is 7.75. The molecule has 2 heterocycles. The molecule has 1 atom stereocenters. The molecule has 2 N–H and O–H groups in total. The van der Waals surface area contributed by atoms with Gasteiger partial charge in [-0.15, -0.1) is 0 Å². The Morgan fingerprint density at radius 3 is 2.82 bits per heavy atom. The van der Waals surface area contributed by atoms with E-state index in [1.807, 2.05) is 0 Å². The van der Waals surface area contributed by atoms with E-state index in [2.05, 4.69) is 59.7 Å². The summed E-state index contributed by atoms with van der Waals surface area (Å²) in [5.41, 5.74) is 6.44. The highest BCUT2D eigenvalue weighted by Crippen LogP contribution is 2.34. The summed E-state index contributed by atoms with van der Waals surface area (Å²) in [4.78, 5) is 3.62. The Bertz CT molecular complexity index is 835. The van der Waals surface area contributed by atoms with E-state index >= 15 is 0 Å². The van der Waals surface area contributed by atoms with Gasteiger partial charge in [0.25, 0.3) is 0 Å². The van der Waals surface area contributed by atoms with Crippen molar-refractivity contribution in [3.63, 3.8) is 0 Å². The molecule has 0 saturated carbocycles. The van der Waals surface area contributed by atoms with Crippen LogP contribution in [0.25, 0.3) is 10.9 Å². The lowest BCUT2D eigenvalue weighted by Crippen LogP contribution is -2.30. The van der Waals surface area contributed by atoms with Crippen LogP contribution in [0, 0.1) is 6.92 Å². The van der Waals surface area contributed by atoms with E-state index < -0.39 is 0 Å². The third kappa shape index (κ3) is 2.01. The molecule has 0 aliphatic carbocycles. The number of aromatic nitrogens is 1. The molecule has 1 aliphatic rings. The molecule has 0 saturated heterocycles. The predicted molar refractivity (Wildman–Crippen MR) is 89.6 cm³/mol. The molecule has 0 spiro atoms. The van der Waals surface area contributed by atoms with Gasteiger partial charge in [-0.05, 0) is 42.2 Å². The van der Waals surface area contributed by atoms with Crippen LogP contribution in [0.1, 0.15) is 28.4 Å². The van der Waals surface area contributed by atoms with Crippen LogP contribution in [0.3, 0.4) is 0 Å².